The second-order valence-electron chi connectivity index (χ2n) is 7.55. The van der Waals surface area contributed by atoms with Crippen LogP contribution in [0.25, 0.3) is 10.9 Å². The highest BCUT2D eigenvalue weighted by Gasteiger charge is 2.23. The zero-order valence-electron chi connectivity index (χ0n) is 18.2. The van der Waals surface area contributed by atoms with E-state index in [2.05, 4.69) is 10.3 Å². The average Bonchev–Trinajstić information content (AvgIpc) is 2.87. The molecule has 0 bridgehead atoms. The van der Waals surface area contributed by atoms with Gasteiger partial charge in [-0.3, -0.25) is 9.78 Å². The fourth-order valence-corrected chi connectivity index (χ4v) is 3.60. The molecule has 0 spiro atoms. The van der Waals surface area contributed by atoms with Gasteiger partial charge in [-0.1, -0.05) is 60.7 Å². The van der Waals surface area contributed by atoms with E-state index in [1.165, 1.54) is 7.11 Å². The van der Waals surface area contributed by atoms with Gasteiger partial charge in [0.1, 0.15) is 18.4 Å². The third-order valence-corrected chi connectivity index (χ3v) is 5.27. The Morgan fingerprint density at radius 3 is 2.48 bits per heavy atom. The maximum absolute atomic E-state index is 13.0. The van der Waals surface area contributed by atoms with E-state index in [4.69, 9.17) is 9.47 Å². The summed E-state index contributed by atoms with van der Waals surface area (Å²) in [6.45, 7) is 0.441. The fourth-order valence-electron chi connectivity index (χ4n) is 3.60. The van der Waals surface area contributed by atoms with Crippen LogP contribution in [0.3, 0.4) is 0 Å². The van der Waals surface area contributed by atoms with Crippen molar-refractivity contribution in [1.82, 2.24) is 10.3 Å². The van der Waals surface area contributed by atoms with E-state index in [1.54, 1.807) is 12.3 Å². The van der Waals surface area contributed by atoms with Crippen LogP contribution in [0.2, 0.25) is 0 Å². The first-order valence-corrected chi connectivity index (χ1v) is 10.6. The first kappa shape index (κ1) is 22.0. The van der Waals surface area contributed by atoms with Gasteiger partial charge in [-0.15, -0.1) is 0 Å². The molecule has 0 radical (unpaired) electrons. The highest BCUT2D eigenvalue weighted by Crippen LogP contribution is 2.19. The fraction of sp³-hybridized carbons (Fsp3) is 0.148. The highest BCUT2D eigenvalue weighted by molar-refractivity contribution is 6.07. The molecule has 0 aliphatic carbocycles. The van der Waals surface area contributed by atoms with Crippen molar-refractivity contribution in [2.24, 2.45) is 0 Å². The molecule has 0 aliphatic rings. The number of nitrogens with zero attached hydrogens (tertiary/aromatic N) is 1. The van der Waals surface area contributed by atoms with E-state index in [0.717, 1.165) is 16.5 Å². The molecule has 1 N–H and O–H groups in total. The number of pyridine rings is 1. The molecule has 0 aliphatic heterocycles. The first-order chi connectivity index (χ1) is 16.1. The van der Waals surface area contributed by atoms with E-state index in [-0.39, 0.29) is 12.3 Å². The molecule has 4 aromatic rings. The molecule has 0 saturated carbocycles. The zero-order chi connectivity index (χ0) is 23.0. The minimum Gasteiger partial charge on any atom is -0.489 e. The molecule has 0 fully saturated rings. The smallest absolute Gasteiger partial charge is 0.328 e. The number of aromatic nitrogens is 1. The zero-order valence-corrected chi connectivity index (χ0v) is 18.2. The van der Waals surface area contributed by atoms with Gasteiger partial charge in [0.15, 0.2) is 0 Å². The number of carbonyl (C=O) groups excluding carboxylic acids is 2. The van der Waals surface area contributed by atoms with Crippen LogP contribution < -0.4 is 10.1 Å². The van der Waals surface area contributed by atoms with E-state index in [1.807, 2.05) is 78.9 Å². The number of hydrogen-bond acceptors (Lipinski definition) is 5. The van der Waals surface area contributed by atoms with Gasteiger partial charge in [0.2, 0.25) is 0 Å². The Morgan fingerprint density at radius 1 is 0.909 bits per heavy atom. The molecule has 6 heteroatoms. The Morgan fingerprint density at radius 2 is 1.67 bits per heavy atom. The molecule has 1 atom stereocenters. The number of benzene rings is 3. The third kappa shape index (κ3) is 5.54. The van der Waals surface area contributed by atoms with E-state index >= 15 is 0 Å². The number of amides is 1. The highest BCUT2D eigenvalue weighted by atomic mass is 16.5. The Balaban J connectivity index is 1.49. The topological polar surface area (TPSA) is 77.5 Å². The molecule has 0 unspecified atom stereocenters. The van der Waals surface area contributed by atoms with Crippen LogP contribution >= 0.6 is 0 Å². The summed E-state index contributed by atoms with van der Waals surface area (Å²) in [5.41, 5.74) is 3.07. The van der Waals surface area contributed by atoms with Crippen LogP contribution in [0.1, 0.15) is 21.5 Å². The number of rotatable bonds is 8. The molecule has 33 heavy (non-hydrogen) atoms. The molecule has 1 heterocycles. The average molecular weight is 440 g/mol. The lowest BCUT2D eigenvalue weighted by Crippen LogP contribution is -2.43. The lowest BCUT2D eigenvalue weighted by Gasteiger charge is -2.18. The van der Waals surface area contributed by atoms with Gasteiger partial charge in [0.25, 0.3) is 5.91 Å². The van der Waals surface area contributed by atoms with Gasteiger partial charge in [0, 0.05) is 18.0 Å². The Hall–Kier alpha value is -4.19. The minimum absolute atomic E-state index is 0.268. The van der Waals surface area contributed by atoms with Gasteiger partial charge in [-0.2, -0.15) is 0 Å². The first-order valence-electron chi connectivity index (χ1n) is 10.6. The number of methoxy groups -OCH3 is 1. The van der Waals surface area contributed by atoms with Crippen LogP contribution in [0.15, 0.2) is 91.1 Å². The summed E-state index contributed by atoms with van der Waals surface area (Å²) in [7, 11) is 1.31. The van der Waals surface area contributed by atoms with Crippen molar-refractivity contribution in [3.8, 4) is 5.75 Å². The van der Waals surface area contributed by atoms with Crippen molar-refractivity contribution in [1.29, 1.82) is 0 Å². The van der Waals surface area contributed by atoms with Gasteiger partial charge in [-0.05, 0) is 35.4 Å². The number of nitrogens with one attached hydrogen (secondary N) is 1. The summed E-state index contributed by atoms with van der Waals surface area (Å²) >= 11 is 0. The van der Waals surface area contributed by atoms with Gasteiger partial charge in [0.05, 0.1) is 18.2 Å². The van der Waals surface area contributed by atoms with Crippen molar-refractivity contribution in [3.63, 3.8) is 0 Å². The van der Waals surface area contributed by atoms with Crippen molar-refractivity contribution in [2.45, 2.75) is 19.1 Å². The van der Waals surface area contributed by atoms with E-state index < -0.39 is 12.0 Å². The summed E-state index contributed by atoms with van der Waals surface area (Å²) in [5.74, 6) is -0.191. The lowest BCUT2D eigenvalue weighted by atomic mass is 10.0. The Bertz CT molecular complexity index is 1250. The quantitative estimate of drug-likeness (QED) is 0.413. The largest absolute Gasteiger partial charge is 0.489 e. The molecule has 166 valence electrons. The van der Waals surface area contributed by atoms with Crippen molar-refractivity contribution >= 4 is 22.8 Å². The molecular formula is C27H24N2O4. The maximum atomic E-state index is 13.0. The number of para-hydroxylation sites is 1. The molecule has 1 aromatic heterocycles. The van der Waals surface area contributed by atoms with Crippen LogP contribution in [-0.4, -0.2) is 30.0 Å². The van der Waals surface area contributed by atoms with Gasteiger partial charge in [-0.25, -0.2) is 4.79 Å². The molecule has 0 saturated heterocycles. The number of esters is 1. The Kier molecular flexibility index (Phi) is 6.95. The minimum atomic E-state index is -0.848. The van der Waals surface area contributed by atoms with E-state index in [0.29, 0.717) is 23.4 Å². The number of hydrogen-bond donors (Lipinski definition) is 1. The number of fused-ring (bicyclic) bond motifs is 1. The summed E-state index contributed by atoms with van der Waals surface area (Å²) in [4.78, 5) is 29.8. The van der Waals surface area contributed by atoms with Crippen LogP contribution in [0.5, 0.6) is 5.75 Å². The van der Waals surface area contributed by atoms with Gasteiger partial charge >= 0.3 is 5.97 Å². The van der Waals surface area contributed by atoms with Crippen LogP contribution in [-0.2, 0) is 22.6 Å². The number of ether oxygens (including phenoxy) is 2. The molecule has 6 nitrogen and oxygen atoms in total. The molecular weight excluding hydrogens is 416 g/mol. The van der Waals surface area contributed by atoms with Gasteiger partial charge < -0.3 is 14.8 Å². The van der Waals surface area contributed by atoms with Crippen LogP contribution in [0.4, 0.5) is 0 Å². The van der Waals surface area contributed by atoms with E-state index in [9.17, 15) is 9.59 Å². The molecule has 1 amide bonds. The SMILES string of the molecule is COC(=O)[C@H](Cc1cccc(OCc2ccccc2)c1)NC(=O)c1ccnc2ccccc12. The summed E-state index contributed by atoms with van der Waals surface area (Å²) < 4.78 is 10.8. The predicted molar refractivity (Wildman–Crippen MR) is 126 cm³/mol. The standard InChI is InChI=1S/C27H24N2O4/c1-32-27(31)25(29-26(30)23-14-15-28-24-13-6-5-12-22(23)24)17-20-10-7-11-21(16-20)33-18-19-8-3-2-4-9-19/h2-16,25H,17-18H2,1H3,(H,29,30)/t25-/m0/s1. The third-order valence-electron chi connectivity index (χ3n) is 5.27. The summed E-state index contributed by atoms with van der Waals surface area (Å²) in [6, 6.07) is 25.5. The predicted octanol–water partition coefficient (Wildman–Crippen LogP) is 4.33. The van der Waals surface area contributed by atoms with Crippen molar-refractivity contribution in [3.05, 3.63) is 108 Å². The number of carbonyl (C=O) groups is 2. The van der Waals surface area contributed by atoms with Crippen molar-refractivity contribution < 1.29 is 19.1 Å². The summed E-state index contributed by atoms with van der Waals surface area (Å²) in [5, 5.41) is 3.54. The monoisotopic (exact) mass is 440 g/mol. The maximum Gasteiger partial charge on any atom is 0.328 e. The Labute approximate surface area is 192 Å². The second kappa shape index (κ2) is 10.4. The second-order valence-corrected chi connectivity index (χ2v) is 7.55. The van der Waals surface area contributed by atoms with Crippen molar-refractivity contribution in [2.75, 3.05) is 7.11 Å². The molecule has 4 rings (SSSR count). The lowest BCUT2D eigenvalue weighted by molar-refractivity contribution is -0.142. The summed E-state index contributed by atoms with van der Waals surface area (Å²) in [6.07, 6.45) is 1.85. The molecule has 3 aromatic carbocycles. The van der Waals surface area contributed by atoms with Crippen LogP contribution in [0, 0.1) is 0 Å². The normalized spacial score (nSPS) is 11.5.